The molecular formula is C9H20N2O2. The van der Waals surface area contributed by atoms with Crippen molar-refractivity contribution in [3.63, 3.8) is 0 Å². The van der Waals surface area contributed by atoms with E-state index in [-0.39, 0.29) is 18.0 Å². The van der Waals surface area contributed by atoms with Crippen molar-refractivity contribution in [2.45, 2.75) is 38.8 Å². The molecule has 2 unspecified atom stereocenters. The Morgan fingerprint density at radius 1 is 1.62 bits per heavy atom. The van der Waals surface area contributed by atoms with Gasteiger partial charge >= 0.3 is 0 Å². The van der Waals surface area contributed by atoms with Gasteiger partial charge in [0.15, 0.2) is 0 Å². The summed E-state index contributed by atoms with van der Waals surface area (Å²) >= 11 is 0. The van der Waals surface area contributed by atoms with Crippen molar-refractivity contribution < 1.29 is 9.53 Å². The second-order valence-electron chi connectivity index (χ2n) is 3.21. The van der Waals surface area contributed by atoms with E-state index >= 15 is 0 Å². The van der Waals surface area contributed by atoms with E-state index in [1.54, 1.807) is 7.11 Å². The highest BCUT2D eigenvalue weighted by molar-refractivity contribution is 5.79. The Hall–Kier alpha value is -0.610. The molecule has 0 aromatic carbocycles. The molecule has 0 heterocycles. The lowest BCUT2D eigenvalue weighted by molar-refractivity contribution is -0.120. The smallest absolute Gasteiger partial charge is 0.234 e. The highest BCUT2D eigenvalue weighted by atomic mass is 16.5. The molecule has 0 bridgehead atoms. The van der Waals surface area contributed by atoms with Crippen molar-refractivity contribution in [3.8, 4) is 0 Å². The first-order valence-electron chi connectivity index (χ1n) is 4.66. The maximum absolute atomic E-state index is 10.9. The number of nitrogens with one attached hydrogen (secondary N) is 1. The first-order chi connectivity index (χ1) is 6.11. The highest BCUT2D eigenvalue weighted by Crippen LogP contribution is 1.96. The number of nitrogens with two attached hydrogens (primary N) is 1. The van der Waals surface area contributed by atoms with E-state index in [0.29, 0.717) is 6.61 Å². The van der Waals surface area contributed by atoms with Gasteiger partial charge in [0.1, 0.15) is 0 Å². The average Bonchev–Trinajstić information content (AvgIpc) is 2.10. The van der Waals surface area contributed by atoms with Gasteiger partial charge in [0.05, 0.1) is 6.04 Å². The summed E-state index contributed by atoms with van der Waals surface area (Å²) in [5, 5.41) is 3.15. The van der Waals surface area contributed by atoms with E-state index < -0.39 is 0 Å². The largest absolute Gasteiger partial charge is 0.385 e. The SMILES string of the molecule is CCC(NC(C)CCOC)C(N)=O. The molecule has 4 nitrogen and oxygen atoms in total. The van der Waals surface area contributed by atoms with E-state index in [2.05, 4.69) is 5.32 Å². The van der Waals surface area contributed by atoms with E-state index in [0.717, 1.165) is 12.8 Å². The number of hydrogen-bond acceptors (Lipinski definition) is 3. The van der Waals surface area contributed by atoms with Crippen LogP contribution in [0.25, 0.3) is 0 Å². The molecule has 0 spiro atoms. The molecule has 0 saturated heterocycles. The van der Waals surface area contributed by atoms with Gasteiger partial charge in [0, 0.05) is 19.8 Å². The molecule has 0 fully saturated rings. The number of primary amides is 1. The van der Waals surface area contributed by atoms with Crippen molar-refractivity contribution in [2.75, 3.05) is 13.7 Å². The van der Waals surface area contributed by atoms with Crippen molar-refractivity contribution in [1.29, 1.82) is 0 Å². The predicted molar refractivity (Wildman–Crippen MR) is 52.4 cm³/mol. The van der Waals surface area contributed by atoms with Crippen molar-refractivity contribution in [3.05, 3.63) is 0 Å². The van der Waals surface area contributed by atoms with Crippen LogP contribution in [-0.2, 0) is 9.53 Å². The number of carbonyl (C=O) groups is 1. The summed E-state index contributed by atoms with van der Waals surface area (Å²) in [6, 6.07) is 0.0456. The zero-order valence-electron chi connectivity index (χ0n) is 8.67. The molecule has 0 aromatic rings. The van der Waals surface area contributed by atoms with Crippen LogP contribution >= 0.6 is 0 Å². The first-order valence-corrected chi connectivity index (χ1v) is 4.66. The predicted octanol–water partition coefficient (Wildman–Crippen LogP) is 0.265. The molecule has 4 heteroatoms. The number of hydrogen-bond donors (Lipinski definition) is 2. The second-order valence-corrected chi connectivity index (χ2v) is 3.21. The van der Waals surface area contributed by atoms with Gasteiger partial charge in [-0.1, -0.05) is 6.92 Å². The Balaban J connectivity index is 3.73. The Morgan fingerprint density at radius 2 is 2.23 bits per heavy atom. The summed E-state index contributed by atoms with van der Waals surface area (Å²) in [4.78, 5) is 10.9. The molecular weight excluding hydrogens is 168 g/mol. The van der Waals surface area contributed by atoms with Gasteiger partial charge in [0.25, 0.3) is 0 Å². The Morgan fingerprint density at radius 3 is 2.62 bits per heavy atom. The minimum Gasteiger partial charge on any atom is -0.385 e. The molecule has 1 amide bonds. The first kappa shape index (κ1) is 12.4. The topological polar surface area (TPSA) is 64.3 Å². The maximum atomic E-state index is 10.9. The van der Waals surface area contributed by atoms with Crippen LogP contribution in [0.3, 0.4) is 0 Å². The summed E-state index contributed by atoms with van der Waals surface area (Å²) in [6.45, 7) is 4.65. The molecule has 3 N–H and O–H groups in total. The standard InChI is InChI=1S/C9H20N2O2/c1-4-8(9(10)12)11-7(2)5-6-13-3/h7-8,11H,4-6H2,1-3H3,(H2,10,12). The van der Waals surface area contributed by atoms with Gasteiger partial charge in [-0.2, -0.15) is 0 Å². The Kier molecular flexibility index (Phi) is 6.54. The van der Waals surface area contributed by atoms with E-state index in [1.165, 1.54) is 0 Å². The Bertz CT molecular complexity index is 151. The molecule has 0 radical (unpaired) electrons. The highest BCUT2D eigenvalue weighted by Gasteiger charge is 2.14. The van der Waals surface area contributed by atoms with Crippen molar-refractivity contribution >= 4 is 5.91 Å². The normalized spacial score (nSPS) is 15.3. The van der Waals surface area contributed by atoms with Gasteiger partial charge < -0.3 is 15.8 Å². The number of rotatable bonds is 7. The van der Waals surface area contributed by atoms with Crippen LogP contribution in [0.1, 0.15) is 26.7 Å². The number of carbonyl (C=O) groups excluding carboxylic acids is 1. The summed E-state index contributed by atoms with van der Waals surface area (Å²) in [7, 11) is 1.66. The fourth-order valence-corrected chi connectivity index (χ4v) is 1.12. The molecule has 0 aliphatic heterocycles. The van der Waals surface area contributed by atoms with Crippen LogP contribution in [-0.4, -0.2) is 31.7 Å². The van der Waals surface area contributed by atoms with E-state index in [9.17, 15) is 4.79 Å². The quantitative estimate of drug-likeness (QED) is 0.602. The third-order valence-corrected chi connectivity index (χ3v) is 1.99. The lowest BCUT2D eigenvalue weighted by Gasteiger charge is -2.19. The fraction of sp³-hybridized carbons (Fsp3) is 0.889. The molecule has 0 aliphatic carbocycles. The van der Waals surface area contributed by atoms with Gasteiger partial charge in [-0.25, -0.2) is 0 Å². The van der Waals surface area contributed by atoms with Crippen LogP contribution < -0.4 is 11.1 Å². The Labute approximate surface area is 79.8 Å². The van der Waals surface area contributed by atoms with Crippen LogP contribution in [0.5, 0.6) is 0 Å². The minimum atomic E-state index is -0.285. The van der Waals surface area contributed by atoms with E-state index in [4.69, 9.17) is 10.5 Å². The van der Waals surface area contributed by atoms with Gasteiger partial charge in [-0.05, 0) is 19.8 Å². The van der Waals surface area contributed by atoms with Crippen LogP contribution in [0.15, 0.2) is 0 Å². The molecule has 0 aromatic heterocycles. The van der Waals surface area contributed by atoms with E-state index in [1.807, 2.05) is 13.8 Å². The fourth-order valence-electron chi connectivity index (χ4n) is 1.12. The zero-order valence-corrected chi connectivity index (χ0v) is 8.67. The molecule has 0 aliphatic rings. The number of amides is 1. The van der Waals surface area contributed by atoms with Gasteiger partial charge in [-0.3, -0.25) is 4.79 Å². The van der Waals surface area contributed by atoms with Crippen LogP contribution in [0.2, 0.25) is 0 Å². The lowest BCUT2D eigenvalue weighted by atomic mass is 10.1. The van der Waals surface area contributed by atoms with Gasteiger partial charge in [-0.15, -0.1) is 0 Å². The third kappa shape index (κ3) is 5.60. The monoisotopic (exact) mass is 188 g/mol. The van der Waals surface area contributed by atoms with Crippen molar-refractivity contribution in [2.24, 2.45) is 5.73 Å². The van der Waals surface area contributed by atoms with Crippen LogP contribution in [0, 0.1) is 0 Å². The second kappa shape index (κ2) is 6.86. The van der Waals surface area contributed by atoms with Crippen molar-refractivity contribution in [1.82, 2.24) is 5.32 Å². The third-order valence-electron chi connectivity index (χ3n) is 1.99. The lowest BCUT2D eigenvalue weighted by Crippen LogP contribution is -2.45. The molecule has 2 atom stereocenters. The summed E-state index contributed by atoms with van der Waals surface area (Å²) < 4.78 is 4.93. The summed E-state index contributed by atoms with van der Waals surface area (Å²) in [5.41, 5.74) is 5.19. The van der Waals surface area contributed by atoms with Crippen LogP contribution in [0.4, 0.5) is 0 Å². The summed E-state index contributed by atoms with van der Waals surface area (Å²) in [6.07, 6.45) is 1.62. The average molecular weight is 188 g/mol. The minimum absolute atomic E-state index is 0.216. The van der Waals surface area contributed by atoms with Gasteiger partial charge in [0.2, 0.25) is 5.91 Å². The molecule has 13 heavy (non-hydrogen) atoms. The molecule has 0 rings (SSSR count). The zero-order chi connectivity index (χ0) is 10.3. The molecule has 0 saturated carbocycles. The summed E-state index contributed by atoms with van der Waals surface area (Å²) in [5.74, 6) is -0.285. The number of ether oxygens (including phenoxy) is 1. The maximum Gasteiger partial charge on any atom is 0.234 e. The number of methoxy groups -OCH3 is 1. The molecule has 78 valence electrons.